The van der Waals surface area contributed by atoms with E-state index in [0.29, 0.717) is 11.7 Å². The summed E-state index contributed by atoms with van der Waals surface area (Å²) < 4.78 is 5.09. The van der Waals surface area contributed by atoms with E-state index >= 15 is 0 Å². The lowest BCUT2D eigenvalue weighted by atomic mass is 10.0. The number of hydrogen-bond donors (Lipinski definition) is 1. The van der Waals surface area contributed by atoms with E-state index in [1.807, 2.05) is 12.1 Å². The average molecular weight is 166 g/mol. The van der Waals surface area contributed by atoms with Crippen molar-refractivity contribution in [1.29, 1.82) is 0 Å². The smallest absolute Gasteiger partial charge is 0.163 e. The summed E-state index contributed by atoms with van der Waals surface area (Å²) in [6, 6.07) is 5.42. The van der Waals surface area contributed by atoms with Crippen LogP contribution in [0.25, 0.3) is 0 Å². The van der Waals surface area contributed by atoms with Gasteiger partial charge in [-0.1, -0.05) is 26.0 Å². The topological polar surface area (TPSA) is 29.5 Å². The summed E-state index contributed by atoms with van der Waals surface area (Å²) in [5.74, 6) is 1.17. The number of aromatic hydroxyl groups is 1. The van der Waals surface area contributed by atoms with Gasteiger partial charge in [0, 0.05) is 5.56 Å². The van der Waals surface area contributed by atoms with Crippen LogP contribution in [-0.2, 0) is 0 Å². The third-order valence-corrected chi connectivity index (χ3v) is 1.85. The molecular formula is C10H14O2. The molecule has 0 aliphatic carbocycles. The number of phenolic OH excluding ortho intramolecular Hbond substituents is 1. The lowest BCUT2D eigenvalue weighted by molar-refractivity contribution is 0.367. The Hall–Kier alpha value is -1.18. The van der Waals surface area contributed by atoms with Gasteiger partial charge in [-0.25, -0.2) is 0 Å². The van der Waals surface area contributed by atoms with E-state index in [4.69, 9.17) is 4.74 Å². The molecule has 0 atom stereocenters. The zero-order valence-corrected chi connectivity index (χ0v) is 7.66. The number of methoxy groups -OCH3 is 1. The van der Waals surface area contributed by atoms with Gasteiger partial charge in [-0.05, 0) is 12.0 Å². The Balaban J connectivity index is 3.18. The Morgan fingerprint density at radius 1 is 1.33 bits per heavy atom. The van der Waals surface area contributed by atoms with E-state index in [2.05, 4.69) is 13.8 Å². The van der Waals surface area contributed by atoms with Gasteiger partial charge in [0.25, 0.3) is 0 Å². The molecule has 0 aliphatic heterocycles. The van der Waals surface area contributed by atoms with Gasteiger partial charge in [-0.2, -0.15) is 0 Å². The second-order valence-corrected chi connectivity index (χ2v) is 3.05. The number of para-hydroxylation sites is 1. The lowest BCUT2D eigenvalue weighted by Crippen LogP contribution is -1.93. The summed E-state index contributed by atoms with van der Waals surface area (Å²) in [6.07, 6.45) is 0. The molecule has 0 radical (unpaired) electrons. The Bertz CT molecular complexity index is 267. The molecule has 0 spiro atoms. The van der Waals surface area contributed by atoms with Crippen molar-refractivity contribution in [2.75, 3.05) is 7.11 Å². The Kier molecular flexibility index (Phi) is 2.58. The molecular weight excluding hydrogens is 152 g/mol. The van der Waals surface area contributed by atoms with Gasteiger partial charge in [-0.3, -0.25) is 0 Å². The molecule has 2 heteroatoms. The highest BCUT2D eigenvalue weighted by atomic mass is 16.5. The van der Waals surface area contributed by atoms with Gasteiger partial charge in [0.2, 0.25) is 0 Å². The molecule has 0 aliphatic rings. The van der Waals surface area contributed by atoms with Crippen molar-refractivity contribution in [1.82, 2.24) is 0 Å². The predicted octanol–water partition coefficient (Wildman–Crippen LogP) is 2.52. The van der Waals surface area contributed by atoms with Gasteiger partial charge in [-0.15, -0.1) is 0 Å². The van der Waals surface area contributed by atoms with Crippen LogP contribution in [0.5, 0.6) is 11.5 Å². The van der Waals surface area contributed by atoms with Crippen molar-refractivity contribution < 1.29 is 9.84 Å². The number of phenols is 1. The highest BCUT2D eigenvalue weighted by Gasteiger charge is 2.09. The number of ether oxygens (including phenoxy) is 1. The Labute approximate surface area is 72.8 Å². The van der Waals surface area contributed by atoms with Gasteiger partial charge in [0.1, 0.15) is 0 Å². The van der Waals surface area contributed by atoms with E-state index < -0.39 is 0 Å². The van der Waals surface area contributed by atoms with Gasteiger partial charge in [0.15, 0.2) is 11.5 Å². The van der Waals surface area contributed by atoms with Crippen molar-refractivity contribution in [2.24, 2.45) is 0 Å². The summed E-state index contributed by atoms with van der Waals surface area (Å²) in [4.78, 5) is 0. The molecule has 0 unspecified atom stereocenters. The minimum absolute atomic E-state index is 0.212. The van der Waals surface area contributed by atoms with E-state index in [1.165, 1.54) is 0 Å². The molecule has 0 amide bonds. The highest BCUT2D eigenvalue weighted by Crippen LogP contribution is 2.33. The van der Waals surface area contributed by atoms with Crippen LogP contribution >= 0.6 is 0 Å². The summed E-state index contributed by atoms with van der Waals surface area (Å²) in [5, 5.41) is 9.42. The molecule has 0 fully saturated rings. The third kappa shape index (κ3) is 1.52. The first-order valence-corrected chi connectivity index (χ1v) is 4.02. The molecule has 1 aromatic rings. The van der Waals surface area contributed by atoms with Crippen molar-refractivity contribution in [3.8, 4) is 11.5 Å². The van der Waals surface area contributed by atoms with Gasteiger partial charge < -0.3 is 9.84 Å². The molecule has 1 N–H and O–H groups in total. The zero-order valence-electron chi connectivity index (χ0n) is 7.66. The molecule has 66 valence electrons. The predicted molar refractivity (Wildman–Crippen MR) is 48.7 cm³/mol. The molecule has 2 nitrogen and oxygen atoms in total. The van der Waals surface area contributed by atoms with Crippen LogP contribution in [0, 0.1) is 0 Å². The monoisotopic (exact) mass is 166 g/mol. The molecule has 0 heterocycles. The summed E-state index contributed by atoms with van der Waals surface area (Å²) in [5.41, 5.74) is 1.04. The molecule has 0 saturated heterocycles. The summed E-state index contributed by atoms with van der Waals surface area (Å²) >= 11 is 0. The van der Waals surface area contributed by atoms with E-state index in [9.17, 15) is 5.11 Å². The quantitative estimate of drug-likeness (QED) is 0.731. The minimum Gasteiger partial charge on any atom is -0.504 e. The standard InChI is InChI=1S/C10H14O2/c1-7(2)8-5-4-6-9(11)10(8)12-3/h4-7,11H,1-3H3. The first-order chi connectivity index (χ1) is 5.66. The van der Waals surface area contributed by atoms with Crippen molar-refractivity contribution in [3.63, 3.8) is 0 Å². The van der Waals surface area contributed by atoms with Crippen molar-refractivity contribution >= 4 is 0 Å². The Morgan fingerprint density at radius 3 is 2.42 bits per heavy atom. The number of hydrogen-bond acceptors (Lipinski definition) is 2. The van der Waals surface area contributed by atoms with Crippen LogP contribution in [-0.4, -0.2) is 12.2 Å². The lowest BCUT2D eigenvalue weighted by Gasteiger charge is -2.12. The highest BCUT2D eigenvalue weighted by molar-refractivity contribution is 5.46. The van der Waals surface area contributed by atoms with Crippen LogP contribution in [0.2, 0.25) is 0 Å². The van der Waals surface area contributed by atoms with E-state index in [0.717, 1.165) is 5.56 Å². The average Bonchev–Trinajstić information content (AvgIpc) is 2.03. The third-order valence-electron chi connectivity index (χ3n) is 1.85. The molecule has 0 aromatic heterocycles. The Morgan fingerprint density at radius 2 is 2.00 bits per heavy atom. The van der Waals surface area contributed by atoms with E-state index in [-0.39, 0.29) is 5.75 Å². The normalized spacial score (nSPS) is 10.3. The van der Waals surface area contributed by atoms with Gasteiger partial charge in [0.05, 0.1) is 7.11 Å². The van der Waals surface area contributed by atoms with Crippen LogP contribution in [0.3, 0.4) is 0 Å². The summed E-state index contributed by atoms with van der Waals surface area (Å²) in [7, 11) is 1.57. The molecule has 12 heavy (non-hydrogen) atoms. The van der Waals surface area contributed by atoms with E-state index in [1.54, 1.807) is 13.2 Å². The fraction of sp³-hybridized carbons (Fsp3) is 0.400. The van der Waals surface area contributed by atoms with Crippen molar-refractivity contribution in [2.45, 2.75) is 19.8 Å². The van der Waals surface area contributed by atoms with Crippen molar-refractivity contribution in [3.05, 3.63) is 23.8 Å². The first kappa shape index (κ1) is 8.91. The second-order valence-electron chi connectivity index (χ2n) is 3.05. The summed E-state index contributed by atoms with van der Waals surface area (Å²) in [6.45, 7) is 4.13. The van der Waals surface area contributed by atoms with Gasteiger partial charge >= 0.3 is 0 Å². The maximum Gasteiger partial charge on any atom is 0.163 e. The fourth-order valence-electron chi connectivity index (χ4n) is 1.22. The fourth-order valence-corrected chi connectivity index (χ4v) is 1.22. The maximum atomic E-state index is 9.42. The van der Waals surface area contributed by atoms with Crippen LogP contribution in [0.4, 0.5) is 0 Å². The zero-order chi connectivity index (χ0) is 9.14. The first-order valence-electron chi connectivity index (χ1n) is 4.02. The maximum absolute atomic E-state index is 9.42. The molecule has 0 bridgehead atoms. The van der Waals surface area contributed by atoms with Crippen LogP contribution < -0.4 is 4.74 Å². The second kappa shape index (κ2) is 3.48. The minimum atomic E-state index is 0.212. The van der Waals surface area contributed by atoms with Crippen LogP contribution in [0.15, 0.2) is 18.2 Å². The molecule has 1 aromatic carbocycles. The largest absolute Gasteiger partial charge is 0.504 e. The number of rotatable bonds is 2. The SMILES string of the molecule is COc1c(O)cccc1C(C)C. The molecule has 0 saturated carbocycles. The molecule has 1 rings (SSSR count). The van der Waals surface area contributed by atoms with Crippen LogP contribution in [0.1, 0.15) is 25.3 Å². The number of benzene rings is 1.